The summed E-state index contributed by atoms with van der Waals surface area (Å²) < 4.78 is 25.7. The SMILES string of the molecule is CC(C)CCS(=O)(=O)N1CCCCC1(C)C(=O)O. The number of carboxylic acid groups (broad SMARTS) is 1. The number of hydrogen-bond donors (Lipinski definition) is 1. The number of sulfonamides is 1. The first kappa shape index (κ1) is 15.4. The van der Waals surface area contributed by atoms with E-state index in [4.69, 9.17) is 0 Å². The topological polar surface area (TPSA) is 74.7 Å². The Bertz CT molecular complexity index is 404. The van der Waals surface area contributed by atoms with Gasteiger partial charge in [0.25, 0.3) is 0 Å². The van der Waals surface area contributed by atoms with Crippen molar-refractivity contribution in [2.24, 2.45) is 5.92 Å². The molecule has 1 N–H and O–H groups in total. The Morgan fingerprint density at radius 1 is 1.39 bits per heavy atom. The zero-order valence-corrected chi connectivity index (χ0v) is 12.2. The maximum absolute atomic E-state index is 12.3. The van der Waals surface area contributed by atoms with Crippen molar-refractivity contribution in [2.75, 3.05) is 12.3 Å². The average Bonchev–Trinajstić information content (AvgIpc) is 2.26. The molecular formula is C12H23NO4S. The van der Waals surface area contributed by atoms with Crippen LogP contribution in [-0.2, 0) is 14.8 Å². The van der Waals surface area contributed by atoms with E-state index in [-0.39, 0.29) is 5.75 Å². The Hall–Kier alpha value is -0.620. The van der Waals surface area contributed by atoms with Gasteiger partial charge in [-0.3, -0.25) is 4.79 Å². The van der Waals surface area contributed by atoms with E-state index in [9.17, 15) is 18.3 Å². The maximum atomic E-state index is 12.3. The van der Waals surface area contributed by atoms with Crippen LogP contribution in [0.2, 0.25) is 0 Å². The lowest BCUT2D eigenvalue weighted by atomic mass is 9.91. The van der Waals surface area contributed by atoms with Gasteiger partial charge < -0.3 is 5.11 Å². The van der Waals surface area contributed by atoms with Gasteiger partial charge in [0.15, 0.2) is 0 Å². The molecule has 0 aromatic carbocycles. The van der Waals surface area contributed by atoms with Crippen molar-refractivity contribution in [3.8, 4) is 0 Å². The summed E-state index contributed by atoms with van der Waals surface area (Å²) in [4.78, 5) is 11.4. The van der Waals surface area contributed by atoms with E-state index >= 15 is 0 Å². The molecule has 18 heavy (non-hydrogen) atoms. The summed E-state index contributed by atoms with van der Waals surface area (Å²) in [7, 11) is -3.48. The highest BCUT2D eigenvalue weighted by molar-refractivity contribution is 7.89. The summed E-state index contributed by atoms with van der Waals surface area (Å²) in [5.41, 5.74) is -1.27. The summed E-state index contributed by atoms with van der Waals surface area (Å²) in [5.74, 6) is -0.718. The molecule has 1 unspecified atom stereocenters. The number of carboxylic acids is 1. The van der Waals surface area contributed by atoms with Crippen molar-refractivity contribution in [1.29, 1.82) is 0 Å². The summed E-state index contributed by atoms with van der Waals surface area (Å²) in [5, 5.41) is 9.30. The van der Waals surface area contributed by atoms with Crippen molar-refractivity contribution >= 4 is 16.0 Å². The van der Waals surface area contributed by atoms with Crippen LogP contribution in [0.3, 0.4) is 0 Å². The molecule has 5 nitrogen and oxygen atoms in total. The fourth-order valence-electron chi connectivity index (χ4n) is 2.25. The van der Waals surface area contributed by atoms with Crippen LogP contribution >= 0.6 is 0 Å². The predicted molar refractivity (Wildman–Crippen MR) is 69.8 cm³/mol. The molecule has 0 aromatic heterocycles. The smallest absolute Gasteiger partial charge is 0.324 e. The van der Waals surface area contributed by atoms with Crippen LogP contribution in [0.1, 0.15) is 46.5 Å². The summed E-state index contributed by atoms with van der Waals surface area (Å²) in [6.45, 7) is 5.76. The molecule has 106 valence electrons. The van der Waals surface area contributed by atoms with Gasteiger partial charge in [-0.25, -0.2) is 8.42 Å². The summed E-state index contributed by atoms with van der Waals surface area (Å²) in [6.07, 6.45) is 2.46. The number of hydrogen-bond acceptors (Lipinski definition) is 3. The van der Waals surface area contributed by atoms with Gasteiger partial charge in [0.05, 0.1) is 5.75 Å². The minimum Gasteiger partial charge on any atom is -0.480 e. The van der Waals surface area contributed by atoms with E-state index in [0.29, 0.717) is 25.3 Å². The quantitative estimate of drug-likeness (QED) is 0.830. The normalized spacial score (nSPS) is 26.4. The van der Waals surface area contributed by atoms with Gasteiger partial charge in [0.1, 0.15) is 5.54 Å². The number of piperidine rings is 1. The second kappa shape index (κ2) is 5.57. The molecule has 6 heteroatoms. The van der Waals surface area contributed by atoms with Gasteiger partial charge in [0, 0.05) is 6.54 Å². The molecule has 1 fully saturated rings. The molecule has 1 atom stereocenters. The average molecular weight is 277 g/mol. The Labute approximate surface area is 109 Å². The maximum Gasteiger partial charge on any atom is 0.324 e. The molecule has 1 heterocycles. The van der Waals surface area contributed by atoms with E-state index in [1.54, 1.807) is 0 Å². The highest BCUT2D eigenvalue weighted by atomic mass is 32.2. The van der Waals surface area contributed by atoms with Crippen LogP contribution < -0.4 is 0 Å². The van der Waals surface area contributed by atoms with Crippen LogP contribution in [0.5, 0.6) is 0 Å². The van der Waals surface area contributed by atoms with Crippen molar-refractivity contribution in [3.63, 3.8) is 0 Å². The molecule has 1 aliphatic heterocycles. The number of nitrogens with zero attached hydrogens (tertiary/aromatic N) is 1. The van der Waals surface area contributed by atoms with Crippen LogP contribution in [-0.4, -0.2) is 41.6 Å². The van der Waals surface area contributed by atoms with E-state index in [0.717, 1.165) is 12.8 Å². The molecule has 0 amide bonds. The molecule has 0 aromatic rings. The molecule has 0 aliphatic carbocycles. The van der Waals surface area contributed by atoms with Crippen molar-refractivity contribution in [1.82, 2.24) is 4.31 Å². The lowest BCUT2D eigenvalue weighted by molar-refractivity contribution is -0.149. The van der Waals surface area contributed by atoms with Gasteiger partial charge >= 0.3 is 5.97 Å². The second-order valence-electron chi connectivity index (χ2n) is 5.61. The Balaban J connectivity index is 2.93. The number of aliphatic carboxylic acids is 1. The second-order valence-corrected chi connectivity index (χ2v) is 7.62. The molecular weight excluding hydrogens is 254 g/mol. The van der Waals surface area contributed by atoms with Crippen LogP contribution in [0.4, 0.5) is 0 Å². The van der Waals surface area contributed by atoms with E-state index < -0.39 is 21.5 Å². The van der Waals surface area contributed by atoms with Crippen molar-refractivity contribution < 1.29 is 18.3 Å². The first-order chi connectivity index (χ1) is 8.20. The predicted octanol–water partition coefficient (Wildman–Crippen LogP) is 1.69. The van der Waals surface area contributed by atoms with E-state index in [1.807, 2.05) is 13.8 Å². The lowest BCUT2D eigenvalue weighted by Crippen LogP contribution is -2.57. The zero-order chi connectivity index (χ0) is 14.0. The third-order valence-electron chi connectivity index (χ3n) is 3.57. The Morgan fingerprint density at radius 2 is 2.00 bits per heavy atom. The van der Waals surface area contributed by atoms with Crippen molar-refractivity contribution in [2.45, 2.75) is 52.0 Å². The molecule has 0 radical (unpaired) electrons. The van der Waals surface area contributed by atoms with E-state index in [2.05, 4.69) is 0 Å². The Morgan fingerprint density at radius 3 is 2.50 bits per heavy atom. The summed E-state index contributed by atoms with van der Waals surface area (Å²) >= 11 is 0. The largest absolute Gasteiger partial charge is 0.480 e. The zero-order valence-electron chi connectivity index (χ0n) is 11.3. The fourth-order valence-corrected chi connectivity index (χ4v) is 4.43. The van der Waals surface area contributed by atoms with Crippen LogP contribution in [0.15, 0.2) is 0 Å². The van der Waals surface area contributed by atoms with Gasteiger partial charge in [-0.2, -0.15) is 4.31 Å². The Kier molecular flexibility index (Phi) is 4.78. The minimum absolute atomic E-state index is 0.0353. The monoisotopic (exact) mass is 277 g/mol. The molecule has 1 rings (SSSR count). The lowest BCUT2D eigenvalue weighted by Gasteiger charge is -2.40. The van der Waals surface area contributed by atoms with E-state index in [1.165, 1.54) is 11.2 Å². The van der Waals surface area contributed by atoms with Crippen molar-refractivity contribution in [3.05, 3.63) is 0 Å². The highest BCUT2D eigenvalue weighted by Gasteiger charge is 2.46. The van der Waals surface area contributed by atoms with Gasteiger partial charge in [0.2, 0.25) is 10.0 Å². The molecule has 0 bridgehead atoms. The van der Waals surface area contributed by atoms with Crippen LogP contribution in [0, 0.1) is 5.92 Å². The first-order valence-electron chi connectivity index (χ1n) is 6.44. The van der Waals surface area contributed by atoms with Gasteiger partial charge in [-0.1, -0.05) is 13.8 Å². The number of carbonyl (C=O) groups is 1. The molecule has 0 saturated carbocycles. The van der Waals surface area contributed by atoms with Gasteiger partial charge in [-0.05, 0) is 38.5 Å². The van der Waals surface area contributed by atoms with Gasteiger partial charge in [-0.15, -0.1) is 0 Å². The highest BCUT2D eigenvalue weighted by Crippen LogP contribution is 2.31. The molecule has 1 aliphatic rings. The molecule has 1 saturated heterocycles. The third-order valence-corrected chi connectivity index (χ3v) is 5.58. The standard InChI is InChI=1S/C12H23NO4S/c1-10(2)6-9-18(16,17)13-8-5-4-7-12(13,3)11(14)15/h10H,4-9H2,1-3H3,(H,14,15). The summed E-state index contributed by atoms with van der Waals surface area (Å²) in [6, 6.07) is 0. The molecule has 0 spiro atoms. The minimum atomic E-state index is -3.48. The number of rotatable bonds is 5. The first-order valence-corrected chi connectivity index (χ1v) is 8.05. The third kappa shape index (κ3) is 3.23. The van der Waals surface area contributed by atoms with Crippen LogP contribution in [0.25, 0.3) is 0 Å². The fraction of sp³-hybridized carbons (Fsp3) is 0.917.